The summed E-state index contributed by atoms with van der Waals surface area (Å²) < 4.78 is 5.58. The molecule has 122 valence electrons. The predicted molar refractivity (Wildman–Crippen MR) is 82.4 cm³/mol. The van der Waals surface area contributed by atoms with E-state index < -0.39 is 37.1 Å². The topological polar surface area (TPSA) is 103 Å². The normalized spacial score (nSPS) is 31.0. The number of hydrogen-bond acceptors (Lipinski definition) is 6. The molecule has 5 atom stereocenters. The highest BCUT2D eigenvalue weighted by Crippen LogP contribution is 2.33. The second-order valence-electron chi connectivity index (χ2n) is 5.62. The van der Waals surface area contributed by atoms with Crippen LogP contribution in [0.5, 0.6) is 0 Å². The van der Waals surface area contributed by atoms with Crippen molar-refractivity contribution in [2.24, 2.45) is 0 Å². The number of aliphatic hydroxyl groups excluding tert-OH is 4. The van der Waals surface area contributed by atoms with Gasteiger partial charge >= 0.3 is 0 Å². The molecule has 1 aliphatic heterocycles. The van der Waals surface area contributed by atoms with Crippen LogP contribution >= 0.6 is 0 Å². The zero-order valence-corrected chi connectivity index (χ0v) is 12.4. The molecule has 0 amide bonds. The summed E-state index contributed by atoms with van der Waals surface area (Å²) in [6.45, 7) is -0.441. The first kappa shape index (κ1) is 16.0. The van der Waals surface area contributed by atoms with Crippen molar-refractivity contribution in [1.29, 1.82) is 0 Å². The molecule has 0 saturated carbocycles. The van der Waals surface area contributed by atoms with Gasteiger partial charge in [0.05, 0.1) is 6.61 Å². The van der Waals surface area contributed by atoms with Gasteiger partial charge in [-0.15, -0.1) is 0 Å². The number of aliphatic hydroxyl groups is 4. The Hall–Kier alpha value is -1.83. The van der Waals surface area contributed by atoms with Gasteiger partial charge in [-0.05, 0) is 28.8 Å². The summed E-state index contributed by atoms with van der Waals surface area (Å²) in [7, 11) is 0. The van der Waals surface area contributed by atoms with Crippen molar-refractivity contribution in [3.05, 3.63) is 54.4 Å². The monoisotopic (exact) mass is 317 g/mol. The van der Waals surface area contributed by atoms with E-state index in [0.29, 0.717) is 5.56 Å². The molecule has 4 N–H and O–H groups in total. The average Bonchev–Trinajstić information content (AvgIpc) is 2.61. The molecule has 1 saturated heterocycles. The Balaban J connectivity index is 1.92. The zero-order chi connectivity index (χ0) is 16.4. The van der Waals surface area contributed by atoms with Crippen molar-refractivity contribution < 1.29 is 25.2 Å². The standard InChI is InChI=1S/C17H19NO5/c19-9-13-14(20)15(21)16(22)17(23-13)11-4-1-3-10(7-11)12-5-2-6-18-8-12/h1-8,13-17,19-22H,9H2. The van der Waals surface area contributed by atoms with Crippen LogP contribution in [-0.2, 0) is 4.74 Å². The minimum absolute atomic E-state index is 0.441. The lowest BCUT2D eigenvalue weighted by atomic mass is 9.90. The van der Waals surface area contributed by atoms with E-state index in [9.17, 15) is 20.4 Å². The number of nitrogens with zero attached hydrogens (tertiary/aromatic N) is 1. The maximum Gasteiger partial charge on any atom is 0.113 e. The third-order valence-corrected chi connectivity index (χ3v) is 4.10. The molecule has 2 heterocycles. The van der Waals surface area contributed by atoms with E-state index in [4.69, 9.17) is 4.74 Å². The van der Waals surface area contributed by atoms with E-state index in [-0.39, 0.29) is 0 Å². The minimum Gasteiger partial charge on any atom is -0.394 e. The van der Waals surface area contributed by atoms with Gasteiger partial charge in [-0.3, -0.25) is 4.98 Å². The summed E-state index contributed by atoms with van der Waals surface area (Å²) in [6.07, 6.45) is -2.35. The third kappa shape index (κ3) is 3.12. The van der Waals surface area contributed by atoms with Gasteiger partial charge < -0.3 is 25.2 Å². The van der Waals surface area contributed by atoms with E-state index in [2.05, 4.69) is 4.98 Å². The Labute approximate surface area is 133 Å². The Morgan fingerprint density at radius 2 is 1.74 bits per heavy atom. The molecule has 0 aliphatic carbocycles. The SMILES string of the molecule is OCC1OC(c2cccc(-c3cccnc3)c2)C(O)C(O)C1O. The highest BCUT2D eigenvalue weighted by molar-refractivity contribution is 5.63. The molecule has 0 spiro atoms. The fourth-order valence-corrected chi connectivity index (χ4v) is 2.81. The molecular formula is C17H19NO5. The van der Waals surface area contributed by atoms with Crippen LogP contribution in [-0.4, -0.2) is 56.4 Å². The Bertz CT molecular complexity index is 648. The molecule has 1 fully saturated rings. The highest BCUT2D eigenvalue weighted by Gasteiger charge is 2.43. The Kier molecular flexibility index (Phi) is 4.70. The minimum atomic E-state index is -1.38. The number of rotatable bonds is 3. The summed E-state index contributed by atoms with van der Waals surface area (Å²) in [5, 5.41) is 39.3. The van der Waals surface area contributed by atoms with Crippen LogP contribution in [0.3, 0.4) is 0 Å². The van der Waals surface area contributed by atoms with Crippen molar-refractivity contribution in [2.45, 2.75) is 30.5 Å². The van der Waals surface area contributed by atoms with Crippen molar-refractivity contribution in [1.82, 2.24) is 4.98 Å². The lowest BCUT2D eigenvalue weighted by molar-refractivity contribution is -0.231. The van der Waals surface area contributed by atoms with Gasteiger partial charge in [-0.1, -0.05) is 24.3 Å². The van der Waals surface area contributed by atoms with Gasteiger partial charge in [-0.2, -0.15) is 0 Å². The molecule has 1 aliphatic rings. The fraction of sp³-hybridized carbons (Fsp3) is 0.353. The zero-order valence-electron chi connectivity index (χ0n) is 12.4. The molecule has 2 aromatic rings. The second-order valence-corrected chi connectivity index (χ2v) is 5.62. The van der Waals surface area contributed by atoms with Gasteiger partial charge in [0.25, 0.3) is 0 Å². The summed E-state index contributed by atoms with van der Waals surface area (Å²) in [5.74, 6) is 0. The average molecular weight is 317 g/mol. The van der Waals surface area contributed by atoms with Gasteiger partial charge in [0.2, 0.25) is 0 Å². The van der Waals surface area contributed by atoms with Crippen LogP contribution < -0.4 is 0 Å². The summed E-state index contributed by atoms with van der Waals surface area (Å²) in [6, 6.07) is 11.1. The summed E-state index contributed by atoms with van der Waals surface area (Å²) >= 11 is 0. The molecule has 0 radical (unpaired) electrons. The van der Waals surface area contributed by atoms with Gasteiger partial charge in [0.1, 0.15) is 30.5 Å². The molecule has 23 heavy (non-hydrogen) atoms. The quantitative estimate of drug-likeness (QED) is 0.648. The molecular weight excluding hydrogens is 298 g/mol. The third-order valence-electron chi connectivity index (χ3n) is 4.10. The lowest BCUT2D eigenvalue weighted by Crippen LogP contribution is -2.55. The van der Waals surface area contributed by atoms with E-state index in [1.807, 2.05) is 30.3 Å². The molecule has 0 bridgehead atoms. The fourth-order valence-electron chi connectivity index (χ4n) is 2.81. The van der Waals surface area contributed by atoms with Crippen LogP contribution in [0.25, 0.3) is 11.1 Å². The van der Waals surface area contributed by atoms with Crippen LogP contribution in [0.1, 0.15) is 11.7 Å². The van der Waals surface area contributed by atoms with Gasteiger partial charge in [0.15, 0.2) is 0 Å². The maximum atomic E-state index is 10.2. The first-order valence-electron chi connectivity index (χ1n) is 7.42. The lowest BCUT2D eigenvalue weighted by Gasteiger charge is -2.40. The number of pyridine rings is 1. The smallest absolute Gasteiger partial charge is 0.113 e. The van der Waals surface area contributed by atoms with Gasteiger partial charge in [0, 0.05) is 12.4 Å². The van der Waals surface area contributed by atoms with Crippen molar-refractivity contribution in [3.63, 3.8) is 0 Å². The number of benzene rings is 1. The molecule has 6 heteroatoms. The second kappa shape index (κ2) is 6.74. The molecule has 3 rings (SSSR count). The molecule has 5 unspecified atom stereocenters. The predicted octanol–water partition coefficient (Wildman–Crippen LogP) is 0.263. The van der Waals surface area contributed by atoms with E-state index in [1.165, 1.54) is 0 Å². The van der Waals surface area contributed by atoms with Crippen LogP contribution in [0.2, 0.25) is 0 Å². The number of ether oxygens (including phenoxy) is 1. The first-order valence-corrected chi connectivity index (χ1v) is 7.42. The summed E-state index contributed by atoms with van der Waals surface area (Å²) in [4.78, 5) is 4.08. The van der Waals surface area contributed by atoms with Crippen molar-refractivity contribution in [2.75, 3.05) is 6.61 Å². The Morgan fingerprint density at radius 3 is 2.43 bits per heavy atom. The van der Waals surface area contributed by atoms with Crippen LogP contribution in [0.4, 0.5) is 0 Å². The largest absolute Gasteiger partial charge is 0.394 e. The van der Waals surface area contributed by atoms with Crippen molar-refractivity contribution >= 4 is 0 Å². The van der Waals surface area contributed by atoms with Gasteiger partial charge in [-0.25, -0.2) is 0 Å². The maximum absolute atomic E-state index is 10.2. The van der Waals surface area contributed by atoms with Crippen molar-refractivity contribution in [3.8, 4) is 11.1 Å². The van der Waals surface area contributed by atoms with E-state index >= 15 is 0 Å². The molecule has 6 nitrogen and oxygen atoms in total. The first-order chi connectivity index (χ1) is 11.1. The van der Waals surface area contributed by atoms with Crippen LogP contribution in [0, 0.1) is 0 Å². The van der Waals surface area contributed by atoms with E-state index in [0.717, 1.165) is 11.1 Å². The Morgan fingerprint density at radius 1 is 0.957 bits per heavy atom. The highest BCUT2D eigenvalue weighted by atomic mass is 16.5. The number of aromatic nitrogens is 1. The summed E-state index contributed by atoms with van der Waals surface area (Å²) in [5.41, 5.74) is 2.47. The molecule has 1 aromatic carbocycles. The number of hydrogen-bond donors (Lipinski definition) is 4. The van der Waals surface area contributed by atoms with E-state index in [1.54, 1.807) is 18.5 Å². The molecule has 1 aromatic heterocycles. The van der Waals surface area contributed by atoms with Crippen LogP contribution in [0.15, 0.2) is 48.8 Å².